The number of fused-ring (bicyclic) bond motifs is 5. The molecule has 2 heterocycles. The number of anilines is 1. The number of benzene rings is 1. The normalized spacial score (nSPS) is 32.0. The van der Waals surface area contributed by atoms with Crippen LogP contribution in [0.25, 0.3) is 0 Å². The van der Waals surface area contributed by atoms with E-state index < -0.39 is 0 Å². The summed E-state index contributed by atoms with van der Waals surface area (Å²) < 4.78 is 0. The summed E-state index contributed by atoms with van der Waals surface area (Å²) in [4.78, 5) is 42.4. The molecule has 5 nitrogen and oxygen atoms in total. The molecule has 0 spiro atoms. The molecular weight excluding hydrogens is 376 g/mol. The van der Waals surface area contributed by atoms with Crippen molar-refractivity contribution in [1.29, 1.82) is 0 Å². The molecule has 2 aliphatic heterocycles. The predicted octanol–water partition coefficient (Wildman–Crippen LogP) is 3.89. The van der Waals surface area contributed by atoms with E-state index in [4.69, 9.17) is 11.6 Å². The van der Waals surface area contributed by atoms with Crippen LogP contribution in [0.2, 0.25) is 5.02 Å². The summed E-state index contributed by atoms with van der Waals surface area (Å²) in [7, 11) is 0. The largest absolute Gasteiger partial charge is 0.339 e. The van der Waals surface area contributed by atoms with Gasteiger partial charge in [0, 0.05) is 13.1 Å². The molecule has 2 saturated heterocycles. The summed E-state index contributed by atoms with van der Waals surface area (Å²) in [5, 5.41) is 0.373. The van der Waals surface area contributed by atoms with E-state index in [2.05, 4.69) is 0 Å². The van der Waals surface area contributed by atoms with Crippen molar-refractivity contribution in [2.45, 2.75) is 44.9 Å². The van der Waals surface area contributed by atoms with E-state index in [1.54, 1.807) is 18.2 Å². The van der Waals surface area contributed by atoms with Crippen LogP contribution >= 0.6 is 11.6 Å². The van der Waals surface area contributed by atoms with Gasteiger partial charge in [0.2, 0.25) is 11.8 Å². The molecule has 4 fully saturated rings. The molecule has 1 aromatic carbocycles. The summed E-state index contributed by atoms with van der Waals surface area (Å²) in [5.74, 6) is 0.103. The van der Waals surface area contributed by atoms with Gasteiger partial charge in [0.05, 0.1) is 28.1 Å². The summed E-state index contributed by atoms with van der Waals surface area (Å²) in [6.45, 7) is 1.46. The Labute approximate surface area is 170 Å². The Morgan fingerprint density at radius 3 is 2.14 bits per heavy atom. The average Bonchev–Trinajstić information content (AvgIpc) is 3.29. The minimum Gasteiger partial charge on any atom is -0.339 e. The highest BCUT2D eigenvalue weighted by atomic mass is 35.5. The molecule has 0 unspecified atom stereocenters. The number of carbonyl (C=O) groups excluding carboxylic acids is 3. The first-order valence-corrected chi connectivity index (χ1v) is 10.9. The number of amides is 3. The first-order chi connectivity index (χ1) is 13.6. The molecule has 4 atom stereocenters. The Balaban J connectivity index is 1.45. The van der Waals surface area contributed by atoms with Gasteiger partial charge in [0.15, 0.2) is 0 Å². The van der Waals surface area contributed by atoms with Gasteiger partial charge < -0.3 is 4.90 Å². The number of hydrogen-bond donors (Lipinski definition) is 0. The van der Waals surface area contributed by atoms with Crippen LogP contribution in [0.4, 0.5) is 5.69 Å². The molecule has 0 aromatic heterocycles. The highest BCUT2D eigenvalue weighted by Crippen LogP contribution is 2.56. The minimum absolute atomic E-state index is 0.0855. The minimum atomic E-state index is -0.160. The summed E-state index contributed by atoms with van der Waals surface area (Å²) in [6.07, 6.45) is 7.39. The van der Waals surface area contributed by atoms with Crippen LogP contribution in [0.5, 0.6) is 0 Å². The fourth-order valence-electron chi connectivity index (χ4n) is 5.92. The molecule has 3 amide bonds. The Morgan fingerprint density at radius 2 is 1.54 bits per heavy atom. The molecule has 148 valence electrons. The molecule has 28 heavy (non-hydrogen) atoms. The second-order valence-electron chi connectivity index (χ2n) is 8.77. The number of halogens is 1. The van der Waals surface area contributed by atoms with Crippen LogP contribution in [0.15, 0.2) is 18.2 Å². The Bertz CT molecular complexity index is 818. The molecule has 4 aliphatic rings. The van der Waals surface area contributed by atoms with E-state index >= 15 is 0 Å². The summed E-state index contributed by atoms with van der Waals surface area (Å²) in [5.41, 5.74) is 0.882. The Kier molecular flexibility index (Phi) is 4.46. The van der Waals surface area contributed by atoms with Gasteiger partial charge in [-0.2, -0.15) is 0 Å². The number of hydrogen-bond acceptors (Lipinski definition) is 3. The summed E-state index contributed by atoms with van der Waals surface area (Å²) >= 11 is 6.35. The molecule has 5 rings (SSSR count). The molecule has 2 bridgehead atoms. The van der Waals surface area contributed by atoms with Gasteiger partial charge in [0.25, 0.3) is 5.91 Å². The zero-order valence-electron chi connectivity index (χ0n) is 15.9. The van der Waals surface area contributed by atoms with Crippen LogP contribution in [0.3, 0.4) is 0 Å². The number of likely N-dealkylation sites (tertiary alicyclic amines) is 1. The predicted molar refractivity (Wildman–Crippen MR) is 106 cm³/mol. The third-order valence-corrected chi connectivity index (χ3v) is 7.59. The average molecular weight is 401 g/mol. The van der Waals surface area contributed by atoms with Crippen molar-refractivity contribution in [1.82, 2.24) is 4.90 Å². The first-order valence-electron chi connectivity index (χ1n) is 10.5. The van der Waals surface area contributed by atoms with E-state index in [9.17, 15) is 14.4 Å². The Morgan fingerprint density at radius 1 is 0.929 bits per heavy atom. The lowest BCUT2D eigenvalue weighted by Gasteiger charge is -2.23. The van der Waals surface area contributed by atoms with Crippen LogP contribution in [0.1, 0.15) is 55.3 Å². The fourth-order valence-corrected chi connectivity index (χ4v) is 6.12. The van der Waals surface area contributed by atoms with Crippen molar-refractivity contribution in [3.8, 4) is 0 Å². The maximum atomic E-state index is 13.1. The topological polar surface area (TPSA) is 57.7 Å². The lowest BCUT2D eigenvalue weighted by Crippen LogP contribution is -2.34. The van der Waals surface area contributed by atoms with Crippen molar-refractivity contribution in [2.75, 3.05) is 18.0 Å². The monoisotopic (exact) mass is 400 g/mol. The van der Waals surface area contributed by atoms with Crippen molar-refractivity contribution in [3.05, 3.63) is 28.8 Å². The molecule has 0 N–H and O–H groups in total. The van der Waals surface area contributed by atoms with Crippen LogP contribution < -0.4 is 4.90 Å². The third kappa shape index (κ3) is 2.70. The van der Waals surface area contributed by atoms with Crippen molar-refractivity contribution in [3.63, 3.8) is 0 Å². The first kappa shape index (κ1) is 18.2. The van der Waals surface area contributed by atoms with Gasteiger partial charge in [-0.05, 0) is 62.1 Å². The SMILES string of the molecule is O=C(c1cc(N2C(=O)[C@@H]3[C@H]4CC[C@@H](C4)[C@@H]3C2=O)ccc1Cl)N1CCCCCC1. The second-order valence-corrected chi connectivity index (χ2v) is 9.17. The zero-order chi connectivity index (χ0) is 19.4. The van der Waals surface area contributed by atoms with Crippen LogP contribution in [-0.2, 0) is 9.59 Å². The summed E-state index contributed by atoms with van der Waals surface area (Å²) in [6, 6.07) is 4.99. The molecule has 6 heteroatoms. The third-order valence-electron chi connectivity index (χ3n) is 7.26. The van der Waals surface area contributed by atoms with Crippen molar-refractivity contribution >= 4 is 35.0 Å². The van der Waals surface area contributed by atoms with E-state index in [0.29, 0.717) is 28.1 Å². The van der Waals surface area contributed by atoms with E-state index in [1.807, 2.05) is 4.90 Å². The van der Waals surface area contributed by atoms with Gasteiger partial charge in [-0.25, -0.2) is 0 Å². The lowest BCUT2D eigenvalue weighted by molar-refractivity contribution is -0.123. The molecular formula is C22H25ClN2O3. The van der Waals surface area contributed by atoms with Gasteiger partial charge >= 0.3 is 0 Å². The Hall–Kier alpha value is -1.88. The van der Waals surface area contributed by atoms with Crippen molar-refractivity contribution < 1.29 is 14.4 Å². The fraction of sp³-hybridized carbons (Fsp3) is 0.591. The quantitative estimate of drug-likeness (QED) is 0.707. The maximum Gasteiger partial charge on any atom is 0.255 e. The van der Waals surface area contributed by atoms with Gasteiger partial charge in [-0.3, -0.25) is 19.3 Å². The van der Waals surface area contributed by atoms with Gasteiger partial charge in [-0.1, -0.05) is 24.4 Å². The van der Waals surface area contributed by atoms with Crippen LogP contribution in [0, 0.1) is 23.7 Å². The van der Waals surface area contributed by atoms with Gasteiger partial charge in [0.1, 0.15) is 0 Å². The van der Waals surface area contributed by atoms with E-state index in [-0.39, 0.29) is 29.6 Å². The maximum absolute atomic E-state index is 13.1. The molecule has 2 saturated carbocycles. The number of imide groups is 1. The molecule has 0 radical (unpaired) electrons. The van der Waals surface area contributed by atoms with E-state index in [0.717, 1.165) is 58.0 Å². The number of carbonyl (C=O) groups is 3. The molecule has 1 aromatic rings. The number of rotatable bonds is 2. The highest BCUT2D eigenvalue weighted by Gasteiger charge is 2.61. The van der Waals surface area contributed by atoms with Crippen molar-refractivity contribution in [2.24, 2.45) is 23.7 Å². The smallest absolute Gasteiger partial charge is 0.255 e. The molecule has 2 aliphatic carbocycles. The zero-order valence-corrected chi connectivity index (χ0v) is 16.7. The second kappa shape index (κ2) is 6.87. The van der Waals surface area contributed by atoms with E-state index in [1.165, 1.54) is 4.90 Å². The standard InChI is InChI=1S/C22H25ClN2O3/c23-17-8-7-15(12-16(17)20(26)24-9-3-1-2-4-10-24)25-21(27)18-13-5-6-14(11-13)19(18)22(25)28/h7-8,12-14,18-19H,1-6,9-11H2/t13-,14-,18-,19+/m0/s1. The highest BCUT2D eigenvalue weighted by molar-refractivity contribution is 6.34. The van der Waals surface area contributed by atoms with Gasteiger partial charge in [-0.15, -0.1) is 0 Å². The lowest BCUT2D eigenvalue weighted by atomic mass is 9.81. The van der Waals surface area contributed by atoms with Crippen LogP contribution in [-0.4, -0.2) is 35.7 Å². The number of nitrogens with zero attached hydrogens (tertiary/aromatic N) is 2.